The number of urea groups is 1. The van der Waals surface area contributed by atoms with Gasteiger partial charge >= 0.3 is 6.03 Å². The fourth-order valence-corrected chi connectivity index (χ4v) is 2.92. The van der Waals surface area contributed by atoms with Crippen molar-refractivity contribution < 1.29 is 9.59 Å². The predicted molar refractivity (Wildman–Crippen MR) is 90.7 cm³/mol. The maximum Gasteiger partial charge on any atom is 0.319 e. The average molecular weight is 368 g/mol. The molecule has 0 spiro atoms. The number of hydrogen-bond donors (Lipinski definition) is 2. The van der Waals surface area contributed by atoms with Gasteiger partial charge < -0.3 is 15.5 Å². The summed E-state index contributed by atoms with van der Waals surface area (Å²) in [6.45, 7) is 5.46. The number of nitrogens with one attached hydrogen (secondary N) is 2. The Balaban J connectivity index is 1.98. The van der Waals surface area contributed by atoms with Gasteiger partial charge in [-0.3, -0.25) is 4.79 Å². The van der Waals surface area contributed by atoms with Crippen molar-refractivity contribution in [2.45, 2.75) is 32.7 Å². The van der Waals surface area contributed by atoms with Crippen LogP contribution in [0.3, 0.4) is 0 Å². The highest BCUT2D eigenvalue weighted by Gasteiger charge is 2.29. The Hall–Kier alpha value is -1.56. The van der Waals surface area contributed by atoms with Gasteiger partial charge in [0.2, 0.25) is 5.91 Å². The van der Waals surface area contributed by atoms with E-state index < -0.39 is 6.04 Å². The second-order valence-corrected chi connectivity index (χ2v) is 6.78. The molecule has 1 aliphatic heterocycles. The lowest BCUT2D eigenvalue weighted by atomic mass is 10.0. The van der Waals surface area contributed by atoms with Crippen molar-refractivity contribution in [2.75, 3.05) is 18.4 Å². The van der Waals surface area contributed by atoms with Crippen LogP contribution in [-0.4, -0.2) is 36.0 Å². The van der Waals surface area contributed by atoms with Crippen LogP contribution in [0.1, 0.15) is 26.7 Å². The highest BCUT2D eigenvalue weighted by atomic mass is 79.9. The van der Waals surface area contributed by atoms with Crippen LogP contribution < -0.4 is 10.6 Å². The van der Waals surface area contributed by atoms with Crippen LogP contribution in [0, 0.1) is 5.92 Å². The van der Waals surface area contributed by atoms with Crippen molar-refractivity contribution >= 4 is 33.6 Å². The van der Waals surface area contributed by atoms with E-state index in [1.807, 2.05) is 36.9 Å². The van der Waals surface area contributed by atoms with Crippen LogP contribution in [-0.2, 0) is 4.79 Å². The van der Waals surface area contributed by atoms with Crippen molar-refractivity contribution in [3.63, 3.8) is 0 Å². The largest absolute Gasteiger partial charge is 0.341 e. The number of nitrogens with zero attached hydrogens (tertiary/aromatic N) is 1. The van der Waals surface area contributed by atoms with E-state index in [1.165, 1.54) is 0 Å². The number of rotatable bonds is 4. The molecule has 2 N–H and O–H groups in total. The van der Waals surface area contributed by atoms with Crippen LogP contribution in [0.2, 0.25) is 0 Å². The smallest absolute Gasteiger partial charge is 0.319 e. The normalized spacial score (nSPS) is 15.7. The Morgan fingerprint density at radius 1 is 1.23 bits per heavy atom. The summed E-state index contributed by atoms with van der Waals surface area (Å²) in [6, 6.07) is 6.49. The SMILES string of the molecule is CC(C)C(NC(=O)Nc1cccc(Br)c1)C(=O)N1CCCC1. The summed E-state index contributed by atoms with van der Waals surface area (Å²) >= 11 is 3.36. The maximum atomic E-state index is 12.5. The summed E-state index contributed by atoms with van der Waals surface area (Å²) in [4.78, 5) is 26.5. The molecular formula is C16H22BrN3O2. The first-order chi connectivity index (χ1) is 10.5. The Morgan fingerprint density at radius 2 is 1.91 bits per heavy atom. The molecule has 0 saturated carbocycles. The zero-order valence-corrected chi connectivity index (χ0v) is 14.5. The quantitative estimate of drug-likeness (QED) is 0.857. The topological polar surface area (TPSA) is 61.4 Å². The average Bonchev–Trinajstić information content (AvgIpc) is 2.98. The monoisotopic (exact) mass is 367 g/mol. The molecule has 22 heavy (non-hydrogen) atoms. The zero-order valence-electron chi connectivity index (χ0n) is 12.9. The van der Waals surface area contributed by atoms with Gasteiger partial charge in [-0.05, 0) is 37.0 Å². The van der Waals surface area contributed by atoms with Crippen LogP contribution in [0.5, 0.6) is 0 Å². The number of amides is 3. The van der Waals surface area contributed by atoms with Gasteiger partial charge in [0.25, 0.3) is 0 Å². The minimum Gasteiger partial charge on any atom is -0.341 e. The molecular weight excluding hydrogens is 346 g/mol. The Kier molecular flexibility index (Phi) is 5.83. The molecule has 3 amide bonds. The fraction of sp³-hybridized carbons (Fsp3) is 0.500. The van der Waals surface area contributed by atoms with E-state index in [4.69, 9.17) is 0 Å². The summed E-state index contributed by atoms with van der Waals surface area (Å²) in [7, 11) is 0. The summed E-state index contributed by atoms with van der Waals surface area (Å²) in [5.74, 6) is 0.0539. The van der Waals surface area contributed by atoms with Crippen molar-refractivity contribution in [1.82, 2.24) is 10.2 Å². The summed E-state index contributed by atoms with van der Waals surface area (Å²) < 4.78 is 0.888. The Morgan fingerprint density at radius 3 is 2.50 bits per heavy atom. The first kappa shape index (κ1) is 16.8. The molecule has 1 aromatic carbocycles. The van der Waals surface area contributed by atoms with Gasteiger partial charge in [-0.1, -0.05) is 35.8 Å². The highest BCUT2D eigenvalue weighted by molar-refractivity contribution is 9.10. The van der Waals surface area contributed by atoms with E-state index in [9.17, 15) is 9.59 Å². The molecule has 1 aliphatic rings. The molecule has 5 nitrogen and oxygen atoms in total. The third-order valence-corrected chi connectivity index (χ3v) is 4.21. The highest BCUT2D eigenvalue weighted by Crippen LogP contribution is 2.16. The van der Waals surface area contributed by atoms with E-state index in [-0.39, 0.29) is 17.9 Å². The lowest BCUT2D eigenvalue weighted by molar-refractivity contribution is -0.133. The number of anilines is 1. The van der Waals surface area contributed by atoms with Crippen molar-refractivity contribution in [2.24, 2.45) is 5.92 Å². The number of carbonyl (C=O) groups excluding carboxylic acids is 2. The van der Waals surface area contributed by atoms with Gasteiger partial charge in [0.1, 0.15) is 6.04 Å². The second kappa shape index (κ2) is 7.63. The predicted octanol–water partition coefficient (Wildman–Crippen LogP) is 3.22. The van der Waals surface area contributed by atoms with Crippen LogP contribution in [0.4, 0.5) is 10.5 Å². The number of hydrogen-bond acceptors (Lipinski definition) is 2. The summed E-state index contributed by atoms with van der Waals surface area (Å²) in [6.07, 6.45) is 2.08. The molecule has 0 radical (unpaired) electrons. The summed E-state index contributed by atoms with van der Waals surface area (Å²) in [5, 5.41) is 5.57. The molecule has 0 aliphatic carbocycles. The molecule has 1 saturated heterocycles. The van der Waals surface area contributed by atoms with E-state index in [2.05, 4.69) is 26.6 Å². The van der Waals surface area contributed by atoms with Gasteiger partial charge in [-0.15, -0.1) is 0 Å². The van der Waals surface area contributed by atoms with Gasteiger partial charge in [0, 0.05) is 23.2 Å². The van der Waals surface area contributed by atoms with Gasteiger partial charge in [0.15, 0.2) is 0 Å². The standard InChI is InChI=1S/C16H22BrN3O2/c1-11(2)14(15(21)20-8-3-4-9-20)19-16(22)18-13-7-5-6-12(17)10-13/h5-7,10-11,14H,3-4,8-9H2,1-2H3,(H2,18,19,22). The molecule has 6 heteroatoms. The third kappa shape index (κ3) is 4.47. The minimum absolute atomic E-state index is 0.0110. The molecule has 120 valence electrons. The molecule has 1 aromatic rings. The number of likely N-dealkylation sites (tertiary alicyclic amines) is 1. The number of halogens is 1. The van der Waals surface area contributed by atoms with Gasteiger partial charge in [0.05, 0.1) is 0 Å². The van der Waals surface area contributed by atoms with Crippen molar-refractivity contribution in [3.05, 3.63) is 28.7 Å². The first-order valence-corrected chi connectivity index (χ1v) is 8.38. The van der Waals surface area contributed by atoms with Crippen molar-refractivity contribution in [1.29, 1.82) is 0 Å². The molecule has 1 unspecified atom stereocenters. The minimum atomic E-state index is -0.495. The third-order valence-electron chi connectivity index (χ3n) is 3.72. The second-order valence-electron chi connectivity index (χ2n) is 5.86. The molecule has 0 bridgehead atoms. The maximum absolute atomic E-state index is 12.5. The van der Waals surface area contributed by atoms with Crippen molar-refractivity contribution in [3.8, 4) is 0 Å². The molecule has 1 atom stereocenters. The Labute approximate surface area is 139 Å². The summed E-state index contributed by atoms with van der Waals surface area (Å²) in [5.41, 5.74) is 0.683. The lowest BCUT2D eigenvalue weighted by Crippen LogP contribution is -2.51. The molecule has 2 rings (SSSR count). The van der Waals surface area contributed by atoms with Crippen LogP contribution in [0.15, 0.2) is 28.7 Å². The van der Waals surface area contributed by atoms with Gasteiger partial charge in [-0.2, -0.15) is 0 Å². The molecule has 1 heterocycles. The molecule has 1 fully saturated rings. The van der Waals surface area contributed by atoms with E-state index in [0.717, 1.165) is 30.4 Å². The van der Waals surface area contributed by atoms with E-state index in [0.29, 0.717) is 5.69 Å². The number of carbonyl (C=O) groups is 2. The fourth-order valence-electron chi connectivity index (χ4n) is 2.52. The zero-order chi connectivity index (χ0) is 16.1. The van der Waals surface area contributed by atoms with Crippen LogP contribution in [0.25, 0.3) is 0 Å². The first-order valence-electron chi connectivity index (χ1n) is 7.59. The lowest BCUT2D eigenvalue weighted by Gasteiger charge is -2.26. The van der Waals surface area contributed by atoms with Gasteiger partial charge in [-0.25, -0.2) is 4.79 Å². The van der Waals surface area contributed by atoms with E-state index in [1.54, 1.807) is 6.07 Å². The Bertz CT molecular complexity index is 542. The van der Waals surface area contributed by atoms with E-state index >= 15 is 0 Å². The number of benzene rings is 1. The van der Waals surface area contributed by atoms with Crippen LogP contribution >= 0.6 is 15.9 Å². The molecule has 0 aromatic heterocycles.